The van der Waals surface area contributed by atoms with Crippen molar-refractivity contribution < 1.29 is 0 Å². The van der Waals surface area contributed by atoms with E-state index in [2.05, 4.69) is 61.1 Å². The third-order valence-electron chi connectivity index (χ3n) is 3.58. The fourth-order valence-electron chi connectivity index (χ4n) is 2.22. The number of hydrogen-bond donors (Lipinski definition) is 2. The maximum atomic E-state index is 5.77. The predicted molar refractivity (Wildman–Crippen MR) is 78.6 cm³/mol. The first-order valence-electron chi connectivity index (χ1n) is 6.18. The summed E-state index contributed by atoms with van der Waals surface area (Å²) in [7, 11) is 0. The van der Waals surface area contributed by atoms with Gasteiger partial charge < -0.3 is 0 Å². The van der Waals surface area contributed by atoms with Gasteiger partial charge in [-0.25, -0.2) is 0 Å². The zero-order valence-corrected chi connectivity index (χ0v) is 11.7. The van der Waals surface area contributed by atoms with Crippen molar-refractivity contribution in [1.82, 2.24) is 5.43 Å². The highest BCUT2D eigenvalue weighted by Gasteiger charge is 2.30. The van der Waals surface area contributed by atoms with Crippen molar-refractivity contribution in [3.63, 3.8) is 0 Å². The minimum absolute atomic E-state index is 0.000000000000000222. The van der Waals surface area contributed by atoms with Gasteiger partial charge in [0.15, 0.2) is 0 Å². The van der Waals surface area contributed by atoms with E-state index in [1.54, 1.807) is 11.3 Å². The quantitative estimate of drug-likeness (QED) is 0.640. The van der Waals surface area contributed by atoms with E-state index in [1.165, 1.54) is 10.4 Å². The van der Waals surface area contributed by atoms with E-state index in [0.29, 0.717) is 0 Å². The molecular formula is C15H20N2S. The number of hydrogen-bond acceptors (Lipinski definition) is 3. The van der Waals surface area contributed by atoms with Gasteiger partial charge in [0.2, 0.25) is 0 Å². The summed E-state index contributed by atoms with van der Waals surface area (Å²) in [6.07, 6.45) is 0.954. The number of benzene rings is 1. The van der Waals surface area contributed by atoms with Crippen LogP contribution in [0.2, 0.25) is 0 Å². The third kappa shape index (κ3) is 2.80. The molecule has 0 amide bonds. The van der Waals surface area contributed by atoms with Gasteiger partial charge >= 0.3 is 0 Å². The van der Waals surface area contributed by atoms with Crippen LogP contribution in [0.3, 0.4) is 0 Å². The first-order chi connectivity index (χ1) is 8.64. The molecule has 3 heteroatoms. The van der Waals surface area contributed by atoms with Gasteiger partial charge in [0.05, 0.1) is 0 Å². The van der Waals surface area contributed by atoms with Crippen molar-refractivity contribution in [2.75, 3.05) is 0 Å². The molecule has 0 aliphatic rings. The van der Waals surface area contributed by atoms with E-state index in [1.807, 2.05) is 6.07 Å². The topological polar surface area (TPSA) is 38.0 Å². The average Bonchev–Trinajstić information content (AvgIpc) is 2.89. The first kappa shape index (κ1) is 13.3. The number of thiophene rings is 1. The van der Waals surface area contributed by atoms with Crippen molar-refractivity contribution in [3.8, 4) is 0 Å². The standard InChI is InChI=1S/C15H20N2S/c1-15(2,12-7-4-3-5-8-12)14(17-16)11-13-9-6-10-18-13/h3-10,14,17H,11,16H2,1-2H3. The molecule has 1 unspecified atom stereocenters. The molecule has 3 N–H and O–H groups in total. The zero-order chi connectivity index (χ0) is 13.0. The number of nitrogens with two attached hydrogens (primary N) is 1. The molecular weight excluding hydrogens is 240 g/mol. The molecule has 0 bridgehead atoms. The molecule has 2 nitrogen and oxygen atoms in total. The van der Waals surface area contributed by atoms with Crippen molar-refractivity contribution in [2.24, 2.45) is 5.84 Å². The second-order valence-electron chi connectivity index (χ2n) is 5.09. The van der Waals surface area contributed by atoms with Crippen LogP contribution in [0.4, 0.5) is 0 Å². The third-order valence-corrected chi connectivity index (χ3v) is 4.47. The maximum Gasteiger partial charge on any atom is 0.0350 e. The maximum absolute atomic E-state index is 5.77. The molecule has 2 aromatic rings. The van der Waals surface area contributed by atoms with Gasteiger partial charge in [-0.1, -0.05) is 50.2 Å². The minimum Gasteiger partial charge on any atom is -0.271 e. The second-order valence-corrected chi connectivity index (χ2v) is 6.12. The molecule has 0 saturated carbocycles. The number of rotatable bonds is 5. The van der Waals surface area contributed by atoms with Crippen molar-refractivity contribution in [1.29, 1.82) is 0 Å². The van der Waals surface area contributed by atoms with Crippen molar-refractivity contribution in [2.45, 2.75) is 31.7 Å². The summed E-state index contributed by atoms with van der Waals surface area (Å²) in [5, 5.41) is 2.11. The van der Waals surface area contributed by atoms with E-state index in [4.69, 9.17) is 5.84 Å². The van der Waals surface area contributed by atoms with Crippen LogP contribution in [0.1, 0.15) is 24.3 Å². The molecule has 0 spiro atoms. The lowest BCUT2D eigenvalue weighted by atomic mass is 9.76. The molecule has 1 heterocycles. The summed E-state index contributed by atoms with van der Waals surface area (Å²) in [6.45, 7) is 4.47. The van der Waals surface area contributed by atoms with Gasteiger partial charge in [-0.2, -0.15) is 0 Å². The highest BCUT2D eigenvalue weighted by Crippen LogP contribution is 2.29. The highest BCUT2D eigenvalue weighted by atomic mass is 32.1. The first-order valence-corrected chi connectivity index (χ1v) is 7.06. The van der Waals surface area contributed by atoms with Crippen molar-refractivity contribution in [3.05, 3.63) is 58.3 Å². The van der Waals surface area contributed by atoms with Crippen LogP contribution in [0.15, 0.2) is 47.8 Å². The average molecular weight is 260 g/mol. The Morgan fingerprint density at radius 1 is 1.17 bits per heavy atom. The van der Waals surface area contributed by atoms with Crippen molar-refractivity contribution >= 4 is 11.3 Å². The summed E-state index contributed by atoms with van der Waals surface area (Å²) in [5.41, 5.74) is 4.30. The largest absolute Gasteiger partial charge is 0.271 e. The van der Waals surface area contributed by atoms with Gasteiger partial charge in [-0.15, -0.1) is 11.3 Å². The Morgan fingerprint density at radius 3 is 2.44 bits per heavy atom. The molecule has 96 valence electrons. The Hall–Kier alpha value is -1.16. The van der Waals surface area contributed by atoms with Crippen LogP contribution in [0, 0.1) is 0 Å². The smallest absolute Gasteiger partial charge is 0.0350 e. The highest BCUT2D eigenvalue weighted by molar-refractivity contribution is 7.09. The second kappa shape index (κ2) is 5.65. The Labute approximate surface area is 113 Å². The van der Waals surface area contributed by atoms with Crippen LogP contribution in [-0.2, 0) is 11.8 Å². The van der Waals surface area contributed by atoms with Gasteiger partial charge in [0.25, 0.3) is 0 Å². The van der Waals surface area contributed by atoms with Crippen LogP contribution in [-0.4, -0.2) is 6.04 Å². The van der Waals surface area contributed by atoms with Gasteiger partial charge in [0, 0.05) is 16.3 Å². The van der Waals surface area contributed by atoms with Gasteiger partial charge in [-0.05, 0) is 23.4 Å². The molecule has 1 aromatic carbocycles. The lowest BCUT2D eigenvalue weighted by Gasteiger charge is -2.34. The fourth-order valence-corrected chi connectivity index (χ4v) is 2.97. The van der Waals surface area contributed by atoms with Gasteiger partial charge in [0.1, 0.15) is 0 Å². The van der Waals surface area contributed by atoms with E-state index >= 15 is 0 Å². The molecule has 0 radical (unpaired) electrons. The van der Waals surface area contributed by atoms with Crippen LogP contribution in [0.5, 0.6) is 0 Å². The lowest BCUT2D eigenvalue weighted by molar-refractivity contribution is 0.343. The zero-order valence-electron chi connectivity index (χ0n) is 10.9. The Balaban J connectivity index is 2.21. The molecule has 0 aliphatic heterocycles. The van der Waals surface area contributed by atoms with Gasteiger partial charge in [-0.3, -0.25) is 11.3 Å². The van der Waals surface area contributed by atoms with Crippen LogP contribution in [0.25, 0.3) is 0 Å². The van der Waals surface area contributed by atoms with Crippen LogP contribution < -0.4 is 11.3 Å². The molecule has 0 fully saturated rings. The monoisotopic (exact) mass is 260 g/mol. The van der Waals surface area contributed by atoms with E-state index in [0.717, 1.165) is 6.42 Å². The molecule has 2 rings (SSSR count). The lowest BCUT2D eigenvalue weighted by Crippen LogP contribution is -2.49. The Kier molecular flexibility index (Phi) is 4.17. The van der Waals surface area contributed by atoms with Crippen LogP contribution >= 0.6 is 11.3 Å². The summed E-state index contributed by atoms with van der Waals surface area (Å²) >= 11 is 1.78. The molecule has 18 heavy (non-hydrogen) atoms. The fraction of sp³-hybridized carbons (Fsp3) is 0.333. The van der Waals surface area contributed by atoms with E-state index in [9.17, 15) is 0 Å². The predicted octanol–water partition coefficient (Wildman–Crippen LogP) is 3.10. The molecule has 1 atom stereocenters. The molecule has 0 aliphatic carbocycles. The minimum atomic E-state index is -0.000000000000000222. The summed E-state index contributed by atoms with van der Waals surface area (Å²) in [4.78, 5) is 1.36. The number of hydrazine groups is 1. The molecule has 0 saturated heterocycles. The van der Waals surface area contributed by atoms with E-state index < -0.39 is 0 Å². The SMILES string of the molecule is CC(C)(c1ccccc1)C(Cc1cccs1)NN. The number of nitrogens with one attached hydrogen (secondary N) is 1. The summed E-state index contributed by atoms with van der Waals surface area (Å²) in [5.74, 6) is 5.77. The summed E-state index contributed by atoms with van der Waals surface area (Å²) < 4.78 is 0. The van der Waals surface area contributed by atoms with E-state index in [-0.39, 0.29) is 11.5 Å². The normalized spacial score (nSPS) is 13.5. The summed E-state index contributed by atoms with van der Waals surface area (Å²) in [6, 6.07) is 15.0. The Bertz CT molecular complexity index is 463. The molecule has 1 aromatic heterocycles. The Morgan fingerprint density at radius 2 is 1.89 bits per heavy atom.